The van der Waals surface area contributed by atoms with E-state index in [1.807, 2.05) is 13.8 Å². The maximum Gasteiger partial charge on any atom is 0.299 e. The van der Waals surface area contributed by atoms with Gasteiger partial charge in [0.25, 0.3) is 11.7 Å². The second kappa shape index (κ2) is 4.82. The highest BCUT2D eigenvalue weighted by Gasteiger charge is 2.21. The molecule has 1 aromatic heterocycles. The van der Waals surface area contributed by atoms with Crippen LogP contribution in [0.1, 0.15) is 23.1 Å². The fraction of sp³-hybridized carbons (Fsp3) is 0.273. The summed E-state index contributed by atoms with van der Waals surface area (Å²) < 4.78 is 0. The van der Waals surface area contributed by atoms with Crippen LogP contribution >= 0.6 is 0 Å². The van der Waals surface area contributed by atoms with Crippen LogP contribution in [-0.4, -0.2) is 38.2 Å². The number of phenols is 1. The number of anilines is 1. The number of amides is 1. The van der Waals surface area contributed by atoms with Crippen molar-refractivity contribution in [2.75, 3.05) is 11.4 Å². The van der Waals surface area contributed by atoms with E-state index in [9.17, 15) is 9.90 Å². The van der Waals surface area contributed by atoms with Crippen LogP contribution in [0.25, 0.3) is 0 Å². The number of hydrogen-bond acceptors (Lipinski definition) is 5. The summed E-state index contributed by atoms with van der Waals surface area (Å²) in [6.45, 7) is 4.14. The lowest BCUT2D eigenvalue weighted by Gasteiger charge is -2.21. The molecule has 2 rings (SSSR count). The van der Waals surface area contributed by atoms with E-state index in [4.69, 9.17) is 0 Å². The first kappa shape index (κ1) is 12.0. The molecule has 0 saturated heterocycles. The molecule has 0 bridgehead atoms. The molecule has 94 valence electrons. The van der Waals surface area contributed by atoms with Crippen LogP contribution in [0, 0.1) is 6.92 Å². The fourth-order valence-electron chi connectivity index (χ4n) is 1.69. The van der Waals surface area contributed by atoms with Gasteiger partial charge in [-0.1, -0.05) is 6.07 Å². The van der Waals surface area contributed by atoms with E-state index in [2.05, 4.69) is 20.6 Å². The van der Waals surface area contributed by atoms with Crippen molar-refractivity contribution in [2.45, 2.75) is 13.8 Å². The number of nitrogens with one attached hydrogen (secondary N) is 1. The van der Waals surface area contributed by atoms with Gasteiger partial charge in [0.2, 0.25) is 0 Å². The van der Waals surface area contributed by atoms with Crippen LogP contribution in [-0.2, 0) is 0 Å². The Kier molecular flexibility index (Phi) is 3.22. The predicted molar refractivity (Wildman–Crippen MR) is 64.4 cm³/mol. The average molecular weight is 247 g/mol. The van der Waals surface area contributed by atoms with Crippen molar-refractivity contribution in [3.8, 4) is 5.75 Å². The van der Waals surface area contributed by atoms with E-state index in [0.717, 1.165) is 5.56 Å². The molecule has 0 radical (unpaired) electrons. The number of carbonyl (C=O) groups excluding carboxylic acids is 1. The molecule has 2 N–H and O–H groups in total. The number of H-pyrrole nitrogens is 1. The van der Waals surface area contributed by atoms with Crippen LogP contribution in [0.15, 0.2) is 18.2 Å². The minimum absolute atomic E-state index is 0.000377. The van der Waals surface area contributed by atoms with Gasteiger partial charge in [-0.3, -0.25) is 4.79 Å². The van der Waals surface area contributed by atoms with Gasteiger partial charge in [-0.25, -0.2) is 0 Å². The quantitative estimate of drug-likeness (QED) is 0.839. The molecule has 0 aliphatic carbocycles. The summed E-state index contributed by atoms with van der Waals surface area (Å²) in [6, 6.07) is 4.86. The Hall–Kier alpha value is -2.44. The standard InChI is InChI=1S/C11H13N5O2/c1-3-16(11(18)10-12-14-15-13-10)9-6-8(17)5-4-7(9)2/h4-6,17H,3H2,1-2H3,(H,12,13,14,15). The van der Waals surface area contributed by atoms with Gasteiger partial charge in [0.05, 0.1) is 5.69 Å². The van der Waals surface area contributed by atoms with Crippen molar-refractivity contribution < 1.29 is 9.90 Å². The van der Waals surface area contributed by atoms with Crippen molar-refractivity contribution in [1.29, 1.82) is 0 Å². The number of benzene rings is 1. The van der Waals surface area contributed by atoms with Crippen LogP contribution < -0.4 is 4.90 Å². The second-order valence-corrected chi connectivity index (χ2v) is 3.76. The normalized spacial score (nSPS) is 10.3. The molecule has 2 aromatic rings. The third-order valence-corrected chi connectivity index (χ3v) is 2.58. The predicted octanol–water partition coefficient (Wildman–Crippen LogP) is 0.880. The van der Waals surface area contributed by atoms with Crippen molar-refractivity contribution in [3.63, 3.8) is 0 Å². The minimum Gasteiger partial charge on any atom is -0.508 e. The SMILES string of the molecule is CCN(C(=O)c1nn[nH]n1)c1cc(O)ccc1C. The lowest BCUT2D eigenvalue weighted by Crippen LogP contribution is -2.32. The number of aromatic hydroxyl groups is 1. The average Bonchev–Trinajstić information content (AvgIpc) is 2.88. The molecular weight excluding hydrogens is 234 g/mol. The zero-order valence-corrected chi connectivity index (χ0v) is 10.1. The van der Waals surface area contributed by atoms with E-state index >= 15 is 0 Å². The van der Waals surface area contributed by atoms with Gasteiger partial charge in [0.15, 0.2) is 0 Å². The first-order valence-electron chi connectivity index (χ1n) is 5.48. The summed E-state index contributed by atoms with van der Waals surface area (Å²) in [6.07, 6.45) is 0. The van der Waals surface area contributed by atoms with E-state index in [1.54, 1.807) is 12.1 Å². The van der Waals surface area contributed by atoms with Gasteiger partial charge in [-0.05, 0) is 30.7 Å². The van der Waals surface area contributed by atoms with Crippen molar-refractivity contribution in [2.24, 2.45) is 0 Å². The lowest BCUT2D eigenvalue weighted by molar-refractivity contribution is 0.0978. The molecule has 0 aliphatic heterocycles. The van der Waals surface area contributed by atoms with Crippen LogP contribution in [0.5, 0.6) is 5.75 Å². The zero-order chi connectivity index (χ0) is 13.1. The van der Waals surface area contributed by atoms with E-state index in [1.165, 1.54) is 11.0 Å². The van der Waals surface area contributed by atoms with Crippen LogP contribution in [0.2, 0.25) is 0 Å². The number of carbonyl (C=O) groups is 1. The summed E-state index contributed by atoms with van der Waals surface area (Å²) in [5, 5.41) is 22.4. The Labute approximate surface area is 103 Å². The first-order valence-corrected chi connectivity index (χ1v) is 5.48. The smallest absolute Gasteiger partial charge is 0.299 e. The molecule has 1 aromatic carbocycles. The first-order chi connectivity index (χ1) is 8.63. The number of nitrogens with zero attached hydrogens (tertiary/aromatic N) is 4. The van der Waals surface area contributed by atoms with E-state index < -0.39 is 0 Å². The number of aromatic nitrogens is 4. The number of aromatic amines is 1. The van der Waals surface area contributed by atoms with Crippen molar-refractivity contribution in [3.05, 3.63) is 29.6 Å². The van der Waals surface area contributed by atoms with Gasteiger partial charge in [0.1, 0.15) is 5.75 Å². The molecule has 18 heavy (non-hydrogen) atoms. The highest BCUT2D eigenvalue weighted by molar-refractivity contribution is 6.03. The Morgan fingerprint density at radius 2 is 2.28 bits per heavy atom. The van der Waals surface area contributed by atoms with Crippen molar-refractivity contribution in [1.82, 2.24) is 20.6 Å². The minimum atomic E-state index is -0.361. The third-order valence-electron chi connectivity index (χ3n) is 2.58. The second-order valence-electron chi connectivity index (χ2n) is 3.76. The van der Waals surface area contributed by atoms with E-state index in [0.29, 0.717) is 12.2 Å². The molecule has 1 heterocycles. The fourth-order valence-corrected chi connectivity index (χ4v) is 1.69. The Balaban J connectivity index is 2.39. The molecule has 0 saturated carbocycles. The maximum absolute atomic E-state index is 12.2. The summed E-state index contributed by atoms with van der Waals surface area (Å²) in [5.74, 6) is -0.255. The Morgan fingerprint density at radius 3 is 2.89 bits per heavy atom. The molecule has 0 atom stereocenters. The monoisotopic (exact) mass is 247 g/mol. The molecular formula is C11H13N5O2. The number of hydrogen-bond donors (Lipinski definition) is 2. The lowest BCUT2D eigenvalue weighted by atomic mass is 10.1. The van der Waals surface area contributed by atoms with Gasteiger partial charge < -0.3 is 10.0 Å². The topological polar surface area (TPSA) is 95.0 Å². The summed E-state index contributed by atoms with van der Waals surface area (Å²) in [5.41, 5.74) is 1.51. The van der Waals surface area contributed by atoms with Gasteiger partial charge >= 0.3 is 0 Å². The third kappa shape index (κ3) is 2.15. The Bertz CT molecular complexity index is 553. The molecule has 1 amide bonds. The van der Waals surface area contributed by atoms with Crippen LogP contribution in [0.3, 0.4) is 0 Å². The highest BCUT2D eigenvalue weighted by Crippen LogP contribution is 2.25. The van der Waals surface area contributed by atoms with Gasteiger partial charge in [-0.2, -0.15) is 5.21 Å². The summed E-state index contributed by atoms with van der Waals surface area (Å²) in [4.78, 5) is 13.6. The molecule has 0 aliphatic rings. The Morgan fingerprint density at radius 1 is 1.50 bits per heavy atom. The molecule has 7 heteroatoms. The van der Waals surface area contributed by atoms with Gasteiger partial charge in [-0.15, -0.1) is 10.2 Å². The number of tetrazole rings is 1. The highest BCUT2D eigenvalue weighted by atomic mass is 16.3. The summed E-state index contributed by atoms with van der Waals surface area (Å²) >= 11 is 0. The number of rotatable bonds is 3. The van der Waals surface area contributed by atoms with Crippen molar-refractivity contribution >= 4 is 11.6 Å². The molecule has 0 spiro atoms. The maximum atomic E-state index is 12.2. The zero-order valence-electron chi connectivity index (χ0n) is 10.1. The molecule has 0 fully saturated rings. The van der Waals surface area contributed by atoms with Gasteiger partial charge in [0, 0.05) is 12.6 Å². The largest absolute Gasteiger partial charge is 0.508 e. The van der Waals surface area contributed by atoms with E-state index in [-0.39, 0.29) is 17.5 Å². The number of aryl methyl sites for hydroxylation is 1. The number of phenolic OH excluding ortho intramolecular Hbond substituents is 1. The molecule has 7 nitrogen and oxygen atoms in total. The molecule has 0 unspecified atom stereocenters. The summed E-state index contributed by atoms with van der Waals surface area (Å²) in [7, 11) is 0. The van der Waals surface area contributed by atoms with Crippen LogP contribution in [0.4, 0.5) is 5.69 Å².